The molecule has 2 aliphatic carbocycles. The maximum atomic E-state index is 14.3. The van der Waals surface area contributed by atoms with Crippen molar-refractivity contribution in [2.45, 2.75) is 343 Å². The van der Waals surface area contributed by atoms with Gasteiger partial charge >= 0.3 is 11.9 Å². The molecule has 2 aliphatic rings. The smallest absolute Gasteiger partial charge is 0.306 e. The lowest BCUT2D eigenvalue weighted by Gasteiger charge is -2.40. The molecule has 0 amide bonds. The summed E-state index contributed by atoms with van der Waals surface area (Å²) in [5.41, 5.74) is 16.8. The summed E-state index contributed by atoms with van der Waals surface area (Å²) in [4.78, 5) is 28.6. The number of benzene rings is 5. The Balaban J connectivity index is 1.18. The van der Waals surface area contributed by atoms with Crippen LogP contribution in [0.25, 0.3) is 0 Å². The maximum Gasteiger partial charge on any atom is 0.306 e. The molecular weight excluding hydrogens is 1340 g/mol. The standard InChI is InChI=1S/C97H140O11/c1-56(32-33-60-38-63(83(100)75(41-60)92(14,15)16)44-66-47-69(89(5,6)7)50-78(86(66)103)95(23,24)25)106-53-72-57(2)73(54-107-81(98)36-34-61-39-64(84(101)76(42-61)93(17,18)19)45-67-48-70(90(8,9)10)51-79(87(67)104)96(26,27)28)59(4)74(58(72)3)55-108-82(99)37-35-62-40-65(85(102)77(43-62)94(20,21)22)46-68-49-71(91(11,12)13)52-80(88(68)105)97(29,30)31/h38-43,47-52,56,66,75,83,86,100-105H,32-37,44-46,53-55H2,1-31H3. The lowest BCUT2D eigenvalue weighted by atomic mass is 9.67. The van der Waals surface area contributed by atoms with E-state index in [0.717, 1.165) is 106 Å². The highest BCUT2D eigenvalue weighted by Crippen LogP contribution is 2.48. The first-order chi connectivity index (χ1) is 49.2. The number of aromatic hydroxyl groups is 4. The van der Waals surface area contributed by atoms with Gasteiger partial charge in [0, 0.05) is 37.5 Å². The number of rotatable bonds is 22. The average Bonchev–Trinajstić information content (AvgIpc) is 0.788. The number of phenols is 4. The Labute approximate surface area is 652 Å². The number of ether oxygens (including phenoxy) is 3. The van der Waals surface area contributed by atoms with Gasteiger partial charge in [0.2, 0.25) is 0 Å². The first kappa shape index (κ1) is 88.3. The molecule has 0 spiro atoms. The number of aliphatic hydroxyl groups is 2. The first-order valence-corrected chi connectivity index (χ1v) is 39.9. The highest BCUT2D eigenvalue weighted by molar-refractivity contribution is 5.71. The third-order valence-corrected chi connectivity index (χ3v) is 22.8. The van der Waals surface area contributed by atoms with Gasteiger partial charge in [-0.3, -0.25) is 9.59 Å². The van der Waals surface area contributed by atoms with Gasteiger partial charge in [-0.05, 0) is 225 Å². The zero-order valence-electron chi connectivity index (χ0n) is 72.5. The van der Waals surface area contributed by atoms with E-state index in [-0.39, 0.29) is 124 Å². The van der Waals surface area contributed by atoms with E-state index in [2.05, 4.69) is 242 Å². The minimum atomic E-state index is -0.706. The second-order valence-corrected chi connectivity index (χ2v) is 41.3. The quantitative estimate of drug-likeness (QED) is 0.0363. The Bertz CT molecular complexity index is 4050. The van der Waals surface area contributed by atoms with Crippen LogP contribution in [0.5, 0.6) is 23.0 Å². The number of carbonyl (C=O) groups is 2. The van der Waals surface area contributed by atoms with Gasteiger partial charge in [0.05, 0.1) is 24.9 Å². The number of carbonyl (C=O) groups excluding carboxylic acids is 2. The molecule has 594 valence electrons. The summed E-state index contributed by atoms with van der Waals surface area (Å²) in [7, 11) is 0. The van der Waals surface area contributed by atoms with E-state index in [4.69, 9.17) is 14.2 Å². The Morgan fingerprint density at radius 2 is 0.796 bits per heavy atom. The van der Waals surface area contributed by atoms with Crippen LogP contribution in [0.4, 0.5) is 0 Å². The molecule has 0 fully saturated rings. The molecule has 11 heteroatoms. The number of phenolic OH excluding ortho intramolecular Hbond substituents is 4. The summed E-state index contributed by atoms with van der Waals surface area (Å²) >= 11 is 0. The van der Waals surface area contributed by atoms with Crippen LogP contribution in [-0.2, 0) is 102 Å². The van der Waals surface area contributed by atoms with Gasteiger partial charge in [-0.1, -0.05) is 265 Å². The van der Waals surface area contributed by atoms with E-state index in [1.54, 1.807) is 0 Å². The molecule has 0 saturated heterocycles. The van der Waals surface area contributed by atoms with Crippen LogP contribution in [0, 0.1) is 48.9 Å². The predicted molar refractivity (Wildman–Crippen MR) is 445 cm³/mol. The van der Waals surface area contributed by atoms with Gasteiger partial charge in [0.1, 0.15) is 36.2 Å². The van der Waals surface area contributed by atoms with Gasteiger partial charge in [0.15, 0.2) is 0 Å². The second-order valence-electron chi connectivity index (χ2n) is 41.3. The Hall–Kier alpha value is -6.92. The van der Waals surface area contributed by atoms with Crippen molar-refractivity contribution in [2.75, 3.05) is 0 Å². The van der Waals surface area contributed by atoms with Gasteiger partial charge in [-0.2, -0.15) is 0 Å². The highest BCUT2D eigenvalue weighted by Gasteiger charge is 2.40. The minimum absolute atomic E-state index is 0.0362. The molecule has 5 unspecified atom stereocenters. The fraction of sp³-hybridized carbons (Fsp3) is 0.588. The monoisotopic (exact) mass is 1480 g/mol. The number of hydrogen-bond acceptors (Lipinski definition) is 11. The zero-order valence-corrected chi connectivity index (χ0v) is 72.5. The van der Waals surface area contributed by atoms with Gasteiger partial charge in [-0.25, -0.2) is 0 Å². The average molecular weight is 1480 g/mol. The van der Waals surface area contributed by atoms with Crippen molar-refractivity contribution in [3.63, 3.8) is 0 Å². The van der Waals surface area contributed by atoms with Crippen LogP contribution in [0.1, 0.15) is 326 Å². The summed E-state index contributed by atoms with van der Waals surface area (Å²) < 4.78 is 19.4. The maximum absolute atomic E-state index is 14.3. The van der Waals surface area contributed by atoms with Crippen molar-refractivity contribution in [1.82, 2.24) is 0 Å². The lowest BCUT2D eigenvalue weighted by Crippen LogP contribution is -2.37. The van der Waals surface area contributed by atoms with E-state index in [1.165, 1.54) is 5.57 Å². The molecule has 5 aromatic rings. The molecule has 0 aromatic heterocycles. The van der Waals surface area contributed by atoms with Crippen molar-refractivity contribution in [1.29, 1.82) is 0 Å². The molecule has 6 N–H and O–H groups in total. The third-order valence-electron chi connectivity index (χ3n) is 22.8. The Morgan fingerprint density at radius 3 is 1.15 bits per heavy atom. The number of hydrogen-bond donors (Lipinski definition) is 6. The Morgan fingerprint density at radius 1 is 0.426 bits per heavy atom. The van der Waals surface area contributed by atoms with E-state index in [9.17, 15) is 40.2 Å². The minimum Gasteiger partial charge on any atom is -0.507 e. The van der Waals surface area contributed by atoms with Crippen molar-refractivity contribution in [3.05, 3.63) is 195 Å². The summed E-state index contributed by atoms with van der Waals surface area (Å²) in [6.45, 7) is 65.8. The molecule has 11 nitrogen and oxygen atoms in total. The van der Waals surface area contributed by atoms with Crippen LogP contribution in [0.2, 0.25) is 0 Å². The van der Waals surface area contributed by atoms with Crippen LogP contribution < -0.4 is 0 Å². The van der Waals surface area contributed by atoms with Crippen molar-refractivity contribution >= 4 is 11.9 Å². The van der Waals surface area contributed by atoms with Crippen LogP contribution >= 0.6 is 0 Å². The van der Waals surface area contributed by atoms with Gasteiger partial charge in [-0.15, -0.1) is 0 Å². The third kappa shape index (κ3) is 21.8. The highest BCUT2D eigenvalue weighted by atomic mass is 16.5. The van der Waals surface area contributed by atoms with E-state index in [0.29, 0.717) is 43.2 Å². The van der Waals surface area contributed by atoms with Crippen molar-refractivity contribution < 1.29 is 54.4 Å². The lowest BCUT2D eigenvalue weighted by molar-refractivity contribution is -0.145. The molecule has 0 saturated carbocycles. The molecule has 5 aromatic carbocycles. The van der Waals surface area contributed by atoms with Gasteiger partial charge in [0.25, 0.3) is 0 Å². The predicted octanol–water partition coefficient (Wildman–Crippen LogP) is 22.7. The summed E-state index contributed by atoms with van der Waals surface area (Å²) in [6, 6.07) is 16.2. The Kier molecular flexibility index (Phi) is 26.8. The summed E-state index contributed by atoms with van der Waals surface area (Å²) in [5.74, 6) is -0.345. The first-order valence-electron chi connectivity index (χ1n) is 39.9. The molecule has 7 rings (SSSR count). The summed E-state index contributed by atoms with van der Waals surface area (Å²) in [6.07, 6.45) is 10.6. The molecule has 0 radical (unpaired) electrons. The fourth-order valence-electron chi connectivity index (χ4n) is 15.4. The number of esters is 2. The zero-order chi connectivity index (χ0) is 81.6. The summed E-state index contributed by atoms with van der Waals surface area (Å²) in [5, 5.41) is 72.0. The fourth-order valence-corrected chi connectivity index (χ4v) is 15.4. The van der Waals surface area contributed by atoms with Crippen LogP contribution in [0.3, 0.4) is 0 Å². The van der Waals surface area contributed by atoms with Crippen LogP contribution in [0.15, 0.2) is 95.1 Å². The largest absolute Gasteiger partial charge is 0.507 e. The van der Waals surface area contributed by atoms with E-state index in [1.807, 2.05) is 45.0 Å². The second kappa shape index (κ2) is 32.8. The van der Waals surface area contributed by atoms with Gasteiger partial charge < -0.3 is 44.8 Å². The van der Waals surface area contributed by atoms with Crippen LogP contribution in [-0.4, -0.2) is 60.9 Å². The molecule has 5 atom stereocenters. The number of allylic oxidation sites excluding steroid dienone is 4. The number of aryl methyl sites for hydroxylation is 2. The van der Waals surface area contributed by atoms with Crippen molar-refractivity contribution in [3.8, 4) is 23.0 Å². The SMILES string of the molecule is Cc1c(COC(=O)CCc2cc(Cc3cc(C(C)(C)C)cc(C(C)(C)C)c3O)c(O)c(C(C)(C)C)c2)c(C)c(COC(C)CCC2=CC(C(C)(C)C)C(O)C(CC3C=C(C(C)(C)C)C=C(C(C)(C)C)C3O)=C2)c(C)c1COC(=O)CCc1cc(Cc2cc(C(C)(C)C)cc(C(C)(C)C)c2O)c(O)c(C(C)(C)C)c1. The molecule has 108 heavy (non-hydrogen) atoms. The molecule has 0 aliphatic heterocycles. The topological polar surface area (TPSA) is 183 Å². The molecule has 0 heterocycles. The van der Waals surface area contributed by atoms with E-state index >= 15 is 0 Å². The van der Waals surface area contributed by atoms with Crippen molar-refractivity contribution in [2.24, 2.45) is 28.1 Å². The number of aliphatic hydroxyl groups excluding tert-OH is 2. The molecular formula is C97H140O11. The van der Waals surface area contributed by atoms with E-state index < -0.39 is 35.0 Å². The normalized spacial score (nSPS) is 17.6. The molecule has 0 bridgehead atoms.